The Hall–Kier alpha value is -0.400. The number of aliphatic hydroxyl groups excluding tert-OH is 1. The van der Waals surface area contributed by atoms with Crippen LogP contribution in [0.5, 0.6) is 0 Å². The van der Waals surface area contributed by atoms with E-state index in [1.807, 2.05) is 0 Å². The molecule has 0 atom stereocenters. The van der Waals surface area contributed by atoms with Crippen molar-refractivity contribution in [2.24, 2.45) is 0 Å². The first-order chi connectivity index (χ1) is 23.8. The quantitative estimate of drug-likeness (QED) is 0.0868. The lowest BCUT2D eigenvalue weighted by Gasteiger charge is -2.56. The van der Waals surface area contributed by atoms with Gasteiger partial charge in [0.1, 0.15) is 18.9 Å². The van der Waals surface area contributed by atoms with E-state index >= 15 is 0 Å². The van der Waals surface area contributed by atoms with Gasteiger partial charge >= 0.3 is 0 Å². The highest BCUT2D eigenvalue weighted by Gasteiger charge is 2.42. The first-order valence-corrected chi connectivity index (χ1v) is 21.2. The molecule has 0 rings (SSSR count). The zero-order valence-corrected chi connectivity index (χ0v) is 39.3. The average Bonchev–Trinajstić information content (AvgIpc) is 2.94. The Kier molecular flexibility index (Phi) is 23.4. The Bertz CT molecular complexity index is 813. The minimum Gasteiger partial charge on any atom is -0.381 e. The second-order valence-electron chi connectivity index (χ2n) is 18.7. The summed E-state index contributed by atoms with van der Waals surface area (Å²) in [6.07, 6.45) is -0.114. The zero-order valence-electron chi connectivity index (χ0n) is 39.3. The molecule has 0 bridgehead atoms. The minimum absolute atomic E-state index is 0.0188. The number of rotatable bonds is 26. The highest BCUT2D eigenvalue weighted by Crippen LogP contribution is 2.28. The van der Waals surface area contributed by atoms with Crippen molar-refractivity contribution >= 4 is 0 Å². The van der Waals surface area contributed by atoms with Gasteiger partial charge in [-0.2, -0.15) is 0 Å². The van der Waals surface area contributed by atoms with E-state index in [2.05, 4.69) is 211 Å². The van der Waals surface area contributed by atoms with E-state index < -0.39 is 0 Å². The molecule has 0 saturated heterocycles. The third-order valence-electron chi connectivity index (χ3n) is 10.5. The van der Waals surface area contributed by atoms with Gasteiger partial charge in [0.25, 0.3) is 0 Å². The first kappa shape index (κ1) is 51.6. The molecule has 0 radical (unpaired) electrons. The summed E-state index contributed by atoms with van der Waals surface area (Å²) in [7, 11) is 0. The number of nitrogens with zero attached hydrogens (tertiary/aromatic N) is 8. The molecular formula is C42H95N9O. The molecule has 0 aromatic rings. The Morgan fingerprint density at radius 3 is 0.731 bits per heavy atom. The van der Waals surface area contributed by atoms with Gasteiger partial charge in [-0.05, 0) is 166 Å². The SMILES string of the molecule is CC(C)N(C(C)C)C(NCN(CN(CO)C(N(C(C)C)C(C)C)N(C(C)C)C(C)C)C(N(C(C)C)C(C)C)N(C(C)C)C(C)C)N(C(C)C)C(C)C. The fourth-order valence-electron chi connectivity index (χ4n) is 9.10. The maximum Gasteiger partial charge on any atom is 0.123 e. The predicted octanol–water partition coefficient (Wildman–Crippen LogP) is 7.61. The third kappa shape index (κ3) is 14.3. The Morgan fingerprint density at radius 1 is 0.327 bits per heavy atom. The van der Waals surface area contributed by atoms with Crippen LogP contribution in [0.25, 0.3) is 0 Å². The van der Waals surface area contributed by atoms with Crippen molar-refractivity contribution in [1.29, 1.82) is 0 Å². The summed E-state index contributed by atoms with van der Waals surface area (Å²) in [6, 6.07) is 3.75. The van der Waals surface area contributed by atoms with Gasteiger partial charge in [-0.1, -0.05) is 0 Å². The van der Waals surface area contributed by atoms with Gasteiger partial charge in [0, 0.05) is 72.5 Å². The van der Waals surface area contributed by atoms with Crippen LogP contribution in [0.15, 0.2) is 0 Å². The molecule has 0 heterocycles. The van der Waals surface area contributed by atoms with Crippen molar-refractivity contribution in [1.82, 2.24) is 44.5 Å². The monoisotopic (exact) mass is 742 g/mol. The molecule has 52 heavy (non-hydrogen) atoms. The second-order valence-corrected chi connectivity index (χ2v) is 18.7. The van der Waals surface area contributed by atoms with E-state index in [1.54, 1.807) is 0 Å². The van der Waals surface area contributed by atoms with Gasteiger partial charge in [-0.3, -0.25) is 34.7 Å². The molecule has 10 nitrogen and oxygen atoms in total. The largest absolute Gasteiger partial charge is 0.381 e. The molecule has 0 aromatic carbocycles. The highest BCUT2D eigenvalue weighted by atomic mass is 16.3. The maximum absolute atomic E-state index is 11.6. The number of nitrogens with one attached hydrogen (secondary N) is 1. The van der Waals surface area contributed by atoms with Crippen LogP contribution >= 0.6 is 0 Å². The van der Waals surface area contributed by atoms with E-state index in [-0.39, 0.29) is 49.8 Å². The maximum atomic E-state index is 11.6. The van der Waals surface area contributed by atoms with Crippen LogP contribution < -0.4 is 5.32 Å². The lowest BCUT2D eigenvalue weighted by molar-refractivity contribution is -0.193. The molecule has 0 unspecified atom stereocenters. The third-order valence-corrected chi connectivity index (χ3v) is 10.5. The smallest absolute Gasteiger partial charge is 0.123 e. The summed E-state index contributed by atoms with van der Waals surface area (Å²) >= 11 is 0. The molecule has 0 aliphatic heterocycles. The van der Waals surface area contributed by atoms with Gasteiger partial charge in [0.05, 0.1) is 20.1 Å². The number of hydrogen-bond acceptors (Lipinski definition) is 10. The molecule has 0 amide bonds. The van der Waals surface area contributed by atoms with E-state index in [4.69, 9.17) is 0 Å². The topological polar surface area (TPSA) is 58.2 Å². The fourth-order valence-corrected chi connectivity index (χ4v) is 9.10. The number of hydrogen-bond donors (Lipinski definition) is 2. The van der Waals surface area contributed by atoms with Gasteiger partial charge < -0.3 is 5.11 Å². The highest BCUT2D eigenvalue weighted by molar-refractivity contribution is 4.89. The van der Waals surface area contributed by atoms with Gasteiger partial charge in [0.15, 0.2) is 0 Å². The van der Waals surface area contributed by atoms with Crippen molar-refractivity contribution in [2.75, 3.05) is 20.1 Å². The molecule has 0 aromatic heterocycles. The Labute approximate surface area is 326 Å². The van der Waals surface area contributed by atoms with Crippen molar-refractivity contribution in [2.45, 2.75) is 258 Å². The van der Waals surface area contributed by atoms with Crippen LogP contribution in [0.1, 0.15) is 166 Å². The van der Waals surface area contributed by atoms with E-state index in [0.717, 1.165) is 0 Å². The lowest BCUT2D eigenvalue weighted by atomic mass is 10.1. The number of aliphatic hydroxyl groups is 1. The normalized spacial score (nSPS) is 14.3. The van der Waals surface area contributed by atoms with E-state index in [9.17, 15) is 5.11 Å². The summed E-state index contributed by atoms with van der Waals surface area (Å²) < 4.78 is 0. The zero-order chi connectivity index (χ0) is 41.1. The first-order valence-electron chi connectivity index (χ1n) is 21.2. The minimum atomic E-state index is -0.104. The Balaban J connectivity index is 8.08. The van der Waals surface area contributed by atoms with Gasteiger partial charge in [-0.15, -0.1) is 0 Å². The fraction of sp³-hybridized carbons (Fsp3) is 1.00. The Morgan fingerprint density at radius 2 is 0.538 bits per heavy atom. The molecule has 0 aliphatic rings. The molecule has 10 heteroatoms. The van der Waals surface area contributed by atoms with Gasteiger partial charge in [-0.25, -0.2) is 9.80 Å². The molecule has 0 fully saturated rings. The van der Waals surface area contributed by atoms with E-state index in [0.29, 0.717) is 61.7 Å². The average molecular weight is 742 g/mol. The standard InChI is InChI=1S/C42H95N9O/c1-28(2)46(29(3)4)40(47(30(5)6)31(7)8)43-25-44(41(48(32(9)10)33(11)12)49(34(13)14)35(15)16)26-45(27-52)42(50(36(17)18)37(19)20)51(38(21)22)39(23)24/h28-43,52H,25-27H2,1-24H3. The molecule has 0 saturated carbocycles. The summed E-state index contributed by atoms with van der Waals surface area (Å²) in [4.78, 5) is 20.7. The molecule has 0 aliphatic carbocycles. The van der Waals surface area contributed by atoms with Crippen LogP contribution in [-0.4, -0.2) is 156 Å². The van der Waals surface area contributed by atoms with Crippen LogP contribution in [0.4, 0.5) is 0 Å². The van der Waals surface area contributed by atoms with Crippen molar-refractivity contribution in [3.8, 4) is 0 Å². The van der Waals surface area contributed by atoms with Crippen LogP contribution in [0, 0.1) is 0 Å². The summed E-state index contributed by atoms with van der Waals surface area (Å²) in [5, 5.41) is 15.8. The summed E-state index contributed by atoms with van der Waals surface area (Å²) in [6.45, 7) is 56.8. The second kappa shape index (κ2) is 23.6. The van der Waals surface area contributed by atoms with Crippen LogP contribution in [-0.2, 0) is 0 Å². The van der Waals surface area contributed by atoms with Gasteiger partial charge in [0.2, 0.25) is 0 Å². The lowest BCUT2D eigenvalue weighted by Crippen LogP contribution is -2.72. The molecule has 2 N–H and O–H groups in total. The summed E-state index contributed by atoms with van der Waals surface area (Å²) in [5.41, 5.74) is 0. The van der Waals surface area contributed by atoms with Crippen LogP contribution in [0.2, 0.25) is 0 Å². The molecular weight excluding hydrogens is 647 g/mol. The van der Waals surface area contributed by atoms with E-state index in [1.165, 1.54) is 0 Å². The van der Waals surface area contributed by atoms with Crippen molar-refractivity contribution in [3.63, 3.8) is 0 Å². The molecule has 314 valence electrons. The summed E-state index contributed by atoms with van der Waals surface area (Å²) in [5.74, 6) is 0. The molecule has 0 spiro atoms. The van der Waals surface area contributed by atoms with Crippen LogP contribution in [0.3, 0.4) is 0 Å². The predicted molar refractivity (Wildman–Crippen MR) is 228 cm³/mol. The van der Waals surface area contributed by atoms with Crippen molar-refractivity contribution in [3.05, 3.63) is 0 Å². The van der Waals surface area contributed by atoms with Crippen molar-refractivity contribution < 1.29 is 5.11 Å².